The van der Waals surface area contributed by atoms with Gasteiger partial charge in [-0.25, -0.2) is 14.4 Å². The summed E-state index contributed by atoms with van der Waals surface area (Å²) in [5.74, 6) is 0.758. The number of aromatic nitrogens is 2. The van der Waals surface area contributed by atoms with Gasteiger partial charge < -0.3 is 10.6 Å². The molecule has 0 aliphatic carbocycles. The third-order valence-electron chi connectivity index (χ3n) is 5.07. The number of anilines is 2. The van der Waals surface area contributed by atoms with E-state index in [0.717, 1.165) is 17.0 Å². The SMILES string of the molecule is C=N/C=C\C=C(/C)C(C#N)N1CCN(c2ncnc(N)c2-c2ccc(F)cc2)CC1. The van der Waals surface area contributed by atoms with E-state index in [9.17, 15) is 9.65 Å². The van der Waals surface area contributed by atoms with Gasteiger partial charge in [0.25, 0.3) is 0 Å². The Morgan fingerprint density at radius 2 is 1.97 bits per heavy atom. The monoisotopic (exact) mass is 405 g/mol. The first-order chi connectivity index (χ1) is 14.5. The van der Waals surface area contributed by atoms with Gasteiger partial charge in [0.15, 0.2) is 0 Å². The standard InChI is InChI=1S/C22H24FN7/c1-16(4-3-9-26-2)19(14-24)29-10-12-30(13-11-29)22-20(21(25)27-15-28-22)17-5-7-18(23)8-6-17/h3-9,15,19H,2,10-13H2,1H3,(H2,25,27,28)/b9-3-,16-4+. The second-order valence-corrected chi connectivity index (χ2v) is 6.95. The Bertz CT molecular complexity index is 984. The summed E-state index contributed by atoms with van der Waals surface area (Å²) >= 11 is 0. The molecule has 1 fully saturated rings. The van der Waals surface area contributed by atoms with Gasteiger partial charge in [0.2, 0.25) is 0 Å². The number of piperazine rings is 1. The average molecular weight is 405 g/mol. The first-order valence-corrected chi connectivity index (χ1v) is 9.59. The van der Waals surface area contributed by atoms with Crippen molar-refractivity contribution in [2.45, 2.75) is 13.0 Å². The summed E-state index contributed by atoms with van der Waals surface area (Å²) in [6, 6.07) is 8.21. The van der Waals surface area contributed by atoms with Crippen molar-refractivity contribution >= 4 is 18.4 Å². The summed E-state index contributed by atoms with van der Waals surface area (Å²) in [6.07, 6.45) is 6.69. The number of aliphatic imine (C=N–C) groups is 1. The molecule has 1 unspecified atom stereocenters. The van der Waals surface area contributed by atoms with E-state index >= 15 is 0 Å². The molecule has 0 saturated carbocycles. The topological polar surface area (TPSA) is 94.4 Å². The normalized spacial score (nSPS) is 16.4. The van der Waals surface area contributed by atoms with Crippen molar-refractivity contribution in [2.75, 3.05) is 36.8 Å². The molecular weight excluding hydrogens is 381 g/mol. The fraction of sp³-hybridized carbons (Fsp3) is 0.273. The van der Waals surface area contributed by atoms with E-state index in [1.807, 2.05) is 13.0 Å². The summed E-state index contributed by atoms with van der Waals surface area (Å²) in [4.78, 5) is 16.5. The number of nitrogen functional groups attached to an aromatic ring is 1. The van der Waals surface area contributed by atoms with Gasteiger partial charge in [-0.15, -0.1) is 0 Å². The molecule has 2 N–H and O–H groups in total. The largest absolute Gasteiger partial charge is 0.383 e. The summed E-state index contributed by atoms with van der Waals surface area (Å²) in [6.45, 7) is 8.09. The lowest BCUT2D eigenvalue weighted by Crippen LogP contribution is -2.50. The number of hydrogen-bond donors (Lipinski definition) is 1. The highest BCUT2D eigenvalue weighted by atomic mass is 19.1. The van der Waals surface area contributed by atoms with Crippen LogP contribution in [-0.2, 0) is 0 Å². The predicted molar refractivity (Wildman–Crippen MR) is 117 cm³/mol. The molecule has 1 aromatic heterocycles. The smallest absolute Gasteiger partial charge is 0.142 e. The number of nitriles is 1. The maximum absolute atomic E-state index is 13.4. The third-order valence-corrected chi connectivity index (χ3v) is 5.07. The number of nitrogens with two attached hydrogens (primary N) is 1. The van der Waals surface area contributed by atoms with Crippen LogP contribution in [0.4, 0.5) is 16.0 Å². The van der Waals surface area contributed by atoms with Crippen LogP contribution in [0.1, 0.15) is 6.92 Å². The molecule has 154 valence electrons. The van der Waals surface area contributed by atoms with Crippen LogP contribution in [-0.4, -0.2) is 53.8 Å². The third kappa shape index (κ3) is 4.70. The van der Waals surface area contributed by atoms with Crippen LogP contribution in [0.5, 0.6) is 0 Å². The molecule has 0 amide bonds. The Balaban J connectivity index is 1.79. The molecule has 8 heteroatoms. The van der Waals surface area contributed by atoms with Crippen molar-refractivity contribution in [1.29, 1.82) is 5.26 Å². The Morgan fingerprint density at radius 1 is 1.27 bits per heavy atom. The Kier molecular flexibility index (Phi) is 6.88. The first kappa shape index (κ1) is 21.1. The maximum atomic E-state index is 13.4. The first-order valence-electron chi connectivity index (χ1n) is 9.59. The van der Waals surface area contributed by atoms with E-state index in [0.29, 0.717) is 37.6 Å². The van der Waals surface area contributed by atoms with E-state index < -0.39 is 0 Å². The zero-order chi connectivity index (χ0) is 21.5. The number of allylic oxidation sites excluding steroid dienone is 2. The minimum Gasteiger partial charge on any atom is -0.383 e. The van der Waals surface area contributed by atoms with Crippen LogP contribution >= 0.6 is 0 Å². The van der Waals surface area contributed by atoms with Crippen molar-refractivity contribution in [3.8, 4) is 17.2 Å². The minimum atomic E-state index is -0.311. The van der Waals surface area contributed by atoms with E-state index in [2.05, 4.69) is 37.5 Å². The highest BCUT2D eigenvalue weighted by molar-refractivity contribution is 5.84. The molecule has 3 rings (SSSR count). The molecule has 0 spiro atoms. The van der Waals surface area contributed by atoms with Crippen molar-refractivity contribution < 1.29 is 4.39 Å². The van der Waals surface area contributed by atoms with Crippen molar-refractivity contribution in [1.82, 2.24) is 14.9 Å². The van der Waals surface area contributed by atoms with E-state index in [-0.39, 0.29) is 11.9 Å². The van der Waals surface area contributed by atoms with E-state index in [1.165, 1.54) is 18.5 Å². The summed E-state index contributed by atoms with van der Waals surface area (Å²) in [5.41, 5.74) is 8.55. The molecule has 2 aromatic rings. The van der Waals surface area contributed by atoms with Crippen LogP contribution in [0.3, 0.4) is 0 Å². The van der Waals surface area contributed by atoms with Gasteiger partial charge in [0.05, 0.1) is 11.6 Å². The predicted octanol–water partition coefficient (Wildman–Crippen LogP) is 3.04. The lowest BCUT2D eigenvalue weighted by atomic mass is 10.0. The van der Waals surface area contributed by atoms with Crippen molar-refractivity contribution in [2.24, 2.45) is 4.99 Å². The van der Waals surface area contributed by atoms with Crippen LogP contribution < -0.4 is 10.6 Å². The van der Waals surface area contributed by atoms with Gasteiger partial charge >= 0.3 is 0 Å². The number of nitrogens with zero attached hydrogens (tertiary/aromatic N) is 6. The lowest BCUT2D eigenvalue weighted by Gasteiger charge is -2.38. The van der Waals surface area contributed by atoms with Gasteiger partial charge in [0, 0.05) is 32.4 Å². The van der Waals surface area contributed by atoms with Gasteiger partial charge in [-0.1, -0.05) is 18.2 Å². The molecule has 0 radical (unpaired) electrons. The van der Waals surface area contributed by atoms with Crippen molar-refractivity contribution in [3.05, 3.63) is 60.3 Å². The zero-order valence-corrected chi connectivity index (χ0v) is 16.9. The number of rotatable bonds is 6. The molecule has 0 bridgehead atoms. The molecule has 2 heterocycles. The fourth-order valence-electron chi connectivity index (χ4n) is 3.53. The van der Waals surface area contributed by atoms with Crippen LogP contribution in [0.15, 0.2) is 59.5 Å². The number of benzene rings is 1. The maximum Gasteiger partial charge on any atom is 0.142 e. The van der Waals surface area contributed by atoms with Gasteiger partial charge in [-0.05, 0) is 43.0 Å². The van der Waals surface area contributed by atoms with Gasteiger partial charge in [-0.2, -0.15) is 5.26 Å². The molecule has 1 saturated heterocycles. The molecule has 1 atom stereocenters. The second kappa shape index (κ2) is 9.76. The molecule has 7 nitrogen and oxygen atoms in total. The van der Waals surface area contributed by atoms with Crippen LogP contribution in [0.2, 0.25) is 0 Å². The van der Waals surface area contributed by atoms with Crippen LogP contribution in [0, 0.1) is 17.1 Å². The van der Waals surface area contributed by atoms with E-state index in [1.54, 1.807) is 24.4 Å². The summed E-state index contributed by atoms with van der Waals surface area (Å²) < 4.78 is 13.4. The highest BCUT2D eigenvalue weighted by Crippen LogP contribution is 2.33. The number of hydrogen-bond acceptors (Lipinski definition) is 7. The van der Waals surface area contributed by atoms with Crippen LogP contribution in [0.25, 0.3) is 11.1 Å². The second-order valence-electron chi connectivity index (χ2n) is 6.95. The lowest BCUT2D eigenvalue weighted by molar-refractivity contribution is 0.240. The molecule has 1 aliphatic rings. The Morgan fingerprint density at radius 3 is 2.60 bits per heavy atom. The average Bonchev–Trinajstić information content (AvgIpc) is 2.76. The minimum absolute atomic E-state index is 0.311. The molecule has 1 aromatic carbocycles. The van der Waals surface area contributed by atoms with Crippen molar-refractivity contribution in [3.63, 3.8) is 0 Å². The number of halogens is 1. The Hall–Kier alpha value is -3.57. The molecule has 1 aliphatic heterocycles. The quantitative estimate of drug-likeness (QED) is 0.586. The fourth-order valence-corrected chi connectivity index (χ4v) is 3.53. The molecule has 30 heavy (non-hydrogen) atoms. The Labute approximate surface area is 175 Å². The zero-order valence-electron chi connectivity index (χ0n) is 16.9. The van der Waals surface area contributed by atoms with Gasteiger partial charge in [-0.3, -0.25) is 9.89 Å². The summed E-state index contributed by atoms with van der Waals surface area (Å²) in [5, 5.41) is 9.67. The highest BCUT2D eigenvalue weighted by Gasteiger charge is 2.27. The van der Waals surface area contributed by atoms with Gasteiger partial charge in [0.1, 0.15) is 29.8 Å². The summed E-state index contributed by atoms with van der Waals surface area (Å²) in [7, 11) is 0. The molecular formula is C22H24FN7. The van der Waals surface area contributed by atoms with E-state index in [4.69, 9.17) is 5.73 Å².